The first-order valence-electron chi connectivity index (χ1n) is 20.5. The minimum atomic E-state index is 0.568. The molecule has 0 aromatic rings. The summed E-state index contributed by atoms with van der Waals surface area (Å²) in [5.41, 5.74) is 0. The smallest absolute Gasteiger partial charge is 0.0701 e. The summed E-state index contributed by atoms with van der Waals surface area (Å²) >= 11 is 0. The van der Waals surface area contributed by atoms with Gasteiger partial charge in [0.15, 0.2) is 0 Å². The maximum absolute atomic E-state index is 5.69. The fourth-order valence-corrected chi connectivity index (χ4v) is 5.51. The summed E-state index contributed by atoms with van der Waals surface area (Å²) in [6.45, 7) is 13.5. The molecule has 0 aliphatic heterocycles. The van der Waals surface area contributed by atoms with Gasteiger partial charge in [0.25, 0.3) is 0 Å². The number of hydrogen-bond acceptors (Lipinski definition) is 7. The Labute approximate surface area is 293 Å². The van der Waals surface area contributed by atoms with Gasteiger partial charge in [-0.2, -0.15) is 0 Å². The highest BCUT2D eigenvalue weighted by Crippen LogP contribution is 2.13. The van der Waals surface area contributed by atoms with Crippen LogP contribution in [0, 0.1) is 0 Å². The van der Waals surface area contributed by atoms with Crippen LogP contribution in [0.3, 0.4) is 0 Å². The summed E-state index contributed by atoms with van der Waals surface area (Å²) in [4.78, 5) is 0. The van der Waals surface area contributed by atoms with Gasteiger partial charge in [0, 0.05) is 13.2 Å². The van der Waals surface area contributed by atoms with Crippen molar-refractivity contribution in [2.45, 2.75) is 168 Å². The van der Waals surface area contributed by atoms with Crippen molar-refractivity contribution in [2.24, 2.45) is 0 Å². The van der Waals surface area contributed by atoms with E-state index in [1.54, 1.807) is 0 Å². The number of ether oxygens (including phenoxy) is 7. The molecule has 0 atom stereocenters. The van der Waals surface area contributed by atoms with Crippen molar-refractivity contribution in [2.75, 3.05) is 92.5 Å². The number of rotatable bonds is 44. The molecule has 0 aromatic carbocycles. The molecule has 0 rings (SSSR count). The maximum Gasteiger partial charge on any atom is 0.0701 e. The first-order chi connectivity index (χ1) is 23.4. The van der Waals surface area contributed by atoms with Crippen LogP contribution in [0.25, 0.3) is 0 Å². The molecule has 0 aliphatic rings. The van der Waals surface area contributed by atoms with Crippen molar-refractivity contribution in [3.8, 4) is 0 Å². The molecule has 0 amide bonds. The van der Waals surface area contributed by atoms with Crippen molar-refractivity contribution < 1.29 is 33.2 Å². The van der Waals surface area contributed by atoms with Crippen molar-refractivity contribution in [1.29, 1.82) is 0 Å². The Morgan fingerprint density at radius 3 is 0.511 bits per heavy atom. The second kappa shape index (κ2) is 45.7. The zero-order valence-corrected chi connectivity index (χ0v) is 31.7. The lowest BCUT2D eigenvalue weighted by Gasteiger charge is -2.08. The van der Waals surface area contributed by atoms with E-state index in [1.165, 1.54) is 141 Å². The summed E-state index contributed by atoms with van der Waals surface area (Å²) < 4.78 is 39.1. The molecule has 0 spiro atoms. The summed E-state index contributed by atoms with van der Waals surface area (Å²) in [5, 5.41) is 0. The van der Waals surface area contributed by atoms with Crippen LogP contribution in [0.15, 0.2) is 0 Å². The van der Waals surface area contributed by atoms with E-state index in [2.05, 4.69) is 13.8 Å². The molecule has 0 aromatic heterocycles. The van der Waals surface area contributed by atoms with Gasteiger partial charge in [0.2, 0.25) is 0 Å². The van der Waals surface area contributed by atoms with Crippen molar-refractivity contribution >= 4 is 0 Å². The fourth-order valence-electron chi connectivity index (χ4n) is 5.51. The van der Waals surface area contributed by atoms with E-state index in [-0.39, 0.29) is 0 Å². The fraction of sp³-hybridized carbons (Fsp3) is 1.00. The lowest BCUT2D eigenvalue weighted by molar-refractivity contribution is -0.0206. The van der Waals surface area contributed by atoms with Crippen LogP contribution < -0.4 is 0 Å². The van der Waals surface area contributed by atoms with Crippen LogP contribution >= 0.6 is 0 Å². The van der Waals surface area contributed by atoms with Crippen molar-refractivity contribution in [3.63, 3.8) is 0 Å². The van der Waals surface area contributed by atoms with E-state index < -0.39 is 0 Å². The largest absolute Gasteiger partial charge is 0.379 e. The quantitative estimate of drug-likeness (QED) is 0.0596. The van der Waals surface area contributed by atoms with Crippen LogP contribution in [-0.4, -0.2) is 92.5 Å². The van der Waals surface area contributed by atoms with E-state index in [0.29, 0.717) is 79.3 Å². The summed E-state index contributed by atoms with van der Waals surface area (Å²) in [6, 6.07) is 0. The second-order valence-corrected chi connectivity index (χ2v) is 13.1. The molecule has 0 unspecified atom stereocenters. The van der Waals surface area contributed by atoms with Crippen molar-refractivity contribution in [1.82, 2.24) is 0 Å². The molecule has 0 N–H and O–H groups in total. The predicted octanol–water partition coefficient (Wildman–Crippen LogP) is 10.5. The lowest BCUT2D eigenvalue weighted by atomic mass is 10.0. The normalized spacial score (nSPS) is 11.6. The van der Waals surface area contributed by atoms with Crippen molar-refractivity contribution in [3.05, 3.63) is 0 Å². The average molecular weight is 675 g/mol. The maximum atomic E-state index is 5.69. The van der Waals surface area contributed by atoms with E-state index >= 15 is 0 Å². The topological polar surface area (TPSA) is 64.6 Å². The molecule has 7 heteroatoms. The van der Waals surface area contributed by atoms with Gasteiger partial charge in [-0.05, 0) is 12.8 Å². The molecule has 0 saturated heterocycles. The highest BCUT2D eigenvalue weighted by molar-refractivity contribution is 4.50. The minimum Gasteiger partial charge on any atom is -0.379 e. The summed E-state index contributed by atoms with van der Waals surface area (Å²) in [5.74, 6) is 0. The lowest BCUT2D eigenvalue weighted by Crippen LogP contribution is -2.14. The molecule has 0 radical (unpaired) electrons. The molecule has 0 heterocycles. The molecule has 47 heavy (non-hydrogen) atoms. The zero-order valence-electron chi connectivity index (χ0n) is 31.7. The van der Waals surface area contributed by atoms with E-state index in [9.17, 15) is 0 Å². The Morgan fingerprint density at radius 1 is 0.170 bits per heavy atom. The van der Waals surface area contributed by atoms with Gasteiger partial charge in [0.05, 0.1) is 79.3 Å². The standard InChI is InChI=1S/C40H82O7/c1-3-5-7-9-11-13-15-16-17-18-20-22-24-26-28-42-30-32-44-34-36-46-38-40-47-39-37-45-35-33-43-31-29-41-27-25-23-21-19-14-12-10-8-6-4-2/h3-40H2,1-2H3. The Bertz CT molecular complexity index is 479. The zero-order chi connectivity index (χ0) is 33.8. The van der Waals surface area contributed by atoms with Crippen LogP contribution in [0.5, 0.6) is 0 Å². The molecule has 284 valence electrons. The Hall–Kier alpha value is -0.280. The number of hydrogen-bond donors (Lipinski definition) is 0. The Morgan fingerprint density at radius 2 is 0.319 bits per heavy atom. The highest BCUT2D eigenvalue weighted by Gasteiger charge is 1.97. The third kappa shape index (κ3) is 45.7. The molecule has 0 aliphatic carbocycles. The third-order valence-electron chi connectivity index (χ3n) is 8.52. The molecule has 0 fully saturated rings. The summed E-state index contributed by atoms with van der Waals surface area (Å²) in [6.07, 6.45) is 32.9. The van der Waals surface area contributed by atoms with Gasteiger partial charge < -0.3 is 33.2 Å². The van der Waals surface area contributed by atoms with Crippen LogP contribution in [0.2, 0.25) is 0 Å². The van der Waals surface area contributed by atoms with Crippen LogP contribution in [0.1, 0.15) is 168 Å². The predicted molar refractivity (Wildman–Crippen MR) is 198 cm³/mol. The first-order valence-corrected chi connectivity index (χ1v) is 20.5. The first kappa shape index (κ1) is 46.7. The molecule has 7 nitrogen and oxygen atoms in total. The second-order valence-electron chi connectivity index (χ2n) is 13.1. The van der Waals surface area contributed by atoms with Gasteiger partial charge in [0.1, 0.15) is 0 Å². The monoisotopic (exact) mass is 675 g/mol. The Kier molecular flexibility index (Phi) is 45.4. The van der Waals surface area contributed by atoms with Gasteiger partial charge >= 0.3 is 0 Å². The van der Waals surface area contributed by atoms with E-state index in [4.69, 9.17) is 33.2 Å². The van der Waals surface area contributed by atoms with E-state index in [1.807, 2.05) is 0 Å². The SMILES string of the molecule is CCCCCCCCCCCCCCCCOCCOCCOCCOCCOCCOCCOCCCCCCCCCCCC. The Balaban J connectivity index is 3.03. The minimum absolute atomic E-state index is 0.568. The molecular formula is C40H82O7. The molecule has 0 bridgehead atoms. The molecular weight excluding hydrogens is 592 g/mol. The van der Waals surface area contributed by atoms with Gasteiger partial charge in [-0.3, -0.25) is 0 Å². The van der Waals surface area contributed by atoms with Crippen LogP contribution in [0.4, 0.5) is 0 Å². The number of unbranched alkanes of at least 4 members (excludes halogenated alkanes) is 22. The average Bonchev–Trinajstić information content (AvgIpc) is 3.08. The van der Waals surface area contributed by atoms with Crippen LogP contribution in [-0.2, 0) is 33.2 Å². The van der Waals surface area contributed by atoms with Gasteiger partial charge in [-0.25, -0.2) is 0 Å². The molecule has 0 saturated carbocycles. The summed E-state index contributed by atoms with van der Waals surface area (Å²) in [7, 11) is 0. The highest BCUT2D eigenvalue weighted by atomic mass is 16.6. The van der Waals surface area contributed by atoms with Gasteiger partial charge in [-0.1, -0.05) is 155 Å². The van der Waals surface area contributed by atoms with Gasteiger partial charge in [-0.15, -0.1) is 0 Å². The third-order valence-corrected chi connectivity index (χ3v) is 8.52. The van der Waals surface area contributed by atoms with E-state index in [0.717, 1.165) is 26.1 Å².